The Hall–Kier alpha value is -0.420. The monoisotopic (exact) mass is 343 g/mol. The number of ether oxygens (including phenoxy) is 2. The molecule has 0 unspecified atom stereocenters. The minimum Gasteiger partial charge on any atom is -0.379 e. The van der Waals surface area contributed by atoms with E-state index in [1.54, 1.807) is 0 Å². The van der Waals surface area contributed by atoms with Gasteiger partial charge in [0.25, 0.3) is 0 Å². The van der Waals surface area contributed by atoms with E-state index in [0.29, 0.717) is 19.8 Å². The Morgan fingerprint density at radius 3 is 2.45 bits per heavy atom. The Labute approximate surface area is 131 Å². The van der Waals surface area contributed by atoms with Crippen LogP contribution in [0.5, 0.6) is 0 Å². The van der Waals surface area contributed by atoms with Crippen molar-refractivity contribution in [2.75, 3.05) is 19.8 Å². The number of nitrogens with one attached hydrogen (secondary N) is 1. The normalized spacial score (nSPS) is 11.8. The summed E-state index contributed by atoms with van der Waals surface area (Å²) in [5.41, 5.74) is 2.57. The molecular formula is C16H26BrNO2. The minimum atomic E-state index is 0.132. The zero-order chi connectivity index (χ0) is 15.0. The Morgan fingerprint density at radius 2 is 1.85 bits per heavy atom. The lowest BCUT2D eigenvalue weighted by Crippen LogP contribution is -2.35. The average molecular weight is 344 g/mol. The van der Waals surface area contributed by atoms with Gasteiger partial charge in [-0.05, 0) is 44.9 Å². The molecule has 1 aromatic rings. The summed E-state index contributed by atoms with van der Waals surface area (Å²) in [5.74, 6) is 0. The van der Waals surface area contributed by atoms with Crippen molar-refractivity contribution in [3.63, 3.8) is 0 Å². The lowest BCUT2D eigenvalue weighted by Gasteiger charge is -2.20. The molecule has 0 spiro atoms. The summed E-state index contributed by atoms with van der Waals surface area (Å²) in [4.78, 5) is 0. The van der Waals surface area contributed by atoms with E-state index in [1.807, 2.05) is 6.92 Å². The van der Waals surface area contributed by atoms with E-state index in [-0.39, 0.29) is 5.54 Å². The molecule has 20 heavy (non-hydrogen) atoms. The first kappa shape index (κ1) is 17.6. The second-order valence-electron chi connectivity index (χ2n) is 5.78. The first-order chi connectivity index (χ1) is 9.42. The molecular weight excluding hydrogens is 318 g/mol. The van der Waals surface area contributed by atoms with E-state index in [2.05, 4.69) is 60.2 Å². The molecule has 0 heterocycles. The Balaban J connectivity index is 2.43. The number of benzene rings is 1. The minimum absolute atomic E-state index is 0.132. The molecule has 1 N–H and O–H groups in total. The quantitative estimate of drug-likeness (QED) is 0.726. The van der Waals surface area contributed by atoms with E-state index < -0.39 is 0 Å². The molecule has 0 radical (unpaired) electrons. The van der Waals surface area contributed by atoms with Gasteiger partial charge in [-0.25, -0.2) is 0 Å². The molecule has 0 aliphatic heterocycles. The summed E-state index contributed by atoms with van der Waals surface area (Å²) in [7, 11) is 0. The van der Waals surface area contributed by atoms with Gasteiger partial charge in [0.1, 0.15) is 0 Å². The highest BCUT2D eigenvalue weighted by Gasteiger charge is 2.09. The molecule has 0 aliphatic carbocycles. The van der Waals surface area contributed by atoms with Crippen molar-refractivity contribution >= 4 is 15.9 Å². The van der Waals surface area contributed by atoms with Crippen LogP contribution in [0.15, 0.2) is 22.7 Å². The summed E-state index contributed by atoms with van der Waals surface area (Å²) in [6.07, 6.45) is 0. The summed E-state index contributed by atoms with van der Waals surface area (Å²) in [6.45, 7) is 12.0. The third kappa shape index (κ3) is 7.39. The van der Waals surface area contributed by atoms with Gasteiger partial charge in [-0.2, -0.15) is 0 Å². The fourth-order valence-electron chi connectivity index (χ4n) is 1.63. The Morgan fingerprint density at radius 1 is 1.15 bits per heavy atom. The van der Waals surface area contributed by atoms with Gasteiger partial charge in [0.15, 0.2) is 0 Å². The molecule has 0 bridgehead atoms. The van der Waals surface area contributed by atoms with Crippen molar-refractivity contribution in [3.05, 3.63) is 33.8 Å². The highest BCUT2D eigenvalue weighted by molar-refractivity contribution is 9.10. The Bertz CT molecular complexity index is 402. The van der Waals surface area contributed by atoms with Crippen LogP contribution in [0, 0.1) is 0 Å². The first-order valence-corrected chi connectivity index (χ1v) is 7.89. The smallest absolute Gasteiger partial charge is 0.0728 e. The number of hydrogen-bond acceptors (Lipinski definition) is 3. The maximum absolute atomic E-state index is 5.59. The molecule has 1 aromatic carbocycles. The second kappa shape index (κ2) is 8.78. The SMILES string of the molecule is CCOCCOCc1ccc(CNC(C)(C)C)cc1Br. The van der Waals surface area contributed by atoms with Crippen LogP contribution >= 0.6 is 15.9 Å². The largest absolute Gasteiger partial charge is 0.379 e. The van der Waals surface area contributed by atoms with Crippen LogP contribution in [0.2, 0.25) is 0 Å². The maximum Gasteiger partial charge on any atom is 0.0728 e. The number of hydrogen-bond donors (Lipinski definition) is 1. The topological polar surface area (TPSA) is 30.5 Å². The predicted molar refractivity (Wildman–Crippen MR) is 86.9 cm³/mol. The third-order valence-electron chi connectivity index (χ3n) is 2.77. The predicted octanol–water partition coefficient (Wildman–Crippen LogP) is 3.89. The van der Waals surface area contributed by atoms with Gasteiger partial charge in [-0.3, -0.25) is 0 Å². The van der Waals surface area contributed by atoms with Crippen molar-refractivity contribution in [1.82, 2.24) is 5.32 Å². The van der Waals surface area contributed by atoms with Crippen LogP contribution in [-0.4, -0.2) is 25.4 Å². The zero-order valence-corrected chi connectivity index (χ0v) is 14.5. The molecule has 0 amide bonds. The van der Waals surface area contributed by atoms with E-state index >= 15 is 0 Å². The molecule has 3 nitrogen and oxygen atoms in total. The third-order valence-corrected chi connectivity index (χ3v) is 3.51. The molecule has 4 heteroatoms. The van der Waals surface area contributed by atoms with E-state index in [9.17, 15) is 0 Å². The van der Waals surface area contributed by atoms with Crippen LogP contribution in [0.3, 0.4) is 0 Å². The molecule has 0 saturated carbocycles. The van der Waals surface area contributed by atoms with Gasteiger partial charge in [-0.1, -0.05) is 28.1 Å². The summed E-state index contributed by atoms with van der Waals surface area (Å²) >= 11 is 3.61. The molecule has 0 saturated heterocycles. The number of halogens is 1. The molecule has 114 valence electrons. The van der Waals surface area contributed by atoms with Crippen molar-refractivity contribution in [2.45, 2.75) is 46.4 Å². The lowest BCUT2D eigenvalue weighted by molar-refractivity contribution is 0.0451. The van der Waals surface area contributed by atoms with Gasteiger partial charge in [0.2, 0.25) is 0 Å². The molecule has 0 fully saturated rings. The van der Waals surface area contributed by atoms with E-state index in [4.69, 9.17) is 9.47 Å². The van der Waals surface area contributed by atoms with Crippen LogP contribution in [0.4, 0.5) is 0 Å². The number of rotatable bonds is 8. The van der Waals surface area contributed by atoms with Crippen LogP contribution in [0.1, 0.15) is 38.8 Å². The van der Waals surface area contributed by atoms with Gasteiger partial charge >= 0.3 is 0 Å². The highest BCUT2D eigenvalue weighted by atomic mass is 79.9. The van der Waals surface area contributed by atoms with Crippen LogP contribution in [-0.2, 0) is 22.6 Å². The molecule has 0 aliphatic rings. The van der Waals surface area contributed by atoms with E-state index in [0.717, 1.165) is 17.6 Å². The molecule has 1 rings (SSSR count). The Kier molecular flexibility index (Phi) is 7.74. The molecule has 0 atom stereocenters. The van der Waals surface area contributed by atoms with Crippen molar-refractivity contribution in [1.29, 1.82) is 0 Å². The average Bonchev–Trinajstić information content (AvgIpc) is 2.37. The van der Waals surface area contributed by atoms with Crippen LogP contribution in [0.25, 0.3) is 0 Å². The van der Waals surface area contributed by atoms with Crippen molar-refractivity contribution in [3.8, 4) is 0 Å². The summed E-state index contributed by atoms with van der Waals surface area (Å²) < 4.78 is 11.9. The fraction of sp³-hybridized carbons (Fsp3) is 0.625. The van der Waals surface area contributed by atoms with Gasteiger partial charge in [0.05, 0.1) is 19.8 Å². The summed E-state index contributed by atoms with van der Waals surface area (Å²) in [5, 5.41) is 3.48. The highest BCUT2D eigenvalue weighted by Crippen LogP contribution is 2.20. The molecule has 0 aromatic heterocycles. The maximum atomic E-state index is 5.59. The van der Waals surface area contributed by atoms with Gasteiger partial charge in [0, 0.05) is 23.2 Å². The van der Waals surface area contributed by atoms with Gasteiger partial charge in [-0.15, -0.1) is 0 Å². The van der Waals surface area contributed by atoms with Gasteiger partial charge < -0.3 is 14.8 Å². The second-order valence-corrected chi connectivity index (χ2v) is 6.63. The fourth-order valence-corrected chi connectivity index (χ4v) is 2.17. The van der Waals surface area contributed by atoms with Crippen molar-refractivity contribution in [2.24, 2.45) is 0 Å². The summed E-state index contributed by atoms with van der Waals surface area (Å²) in [6, 6.07) is 6.41. The zero-order valence-electron chi connectivity index (χ0n) is 13.0. The van der Waals surface area contributed by atoms with Crippen molar-refractivity contribution < 1.29 is 9.47 Å². The van der Waals surface area contributed by atoms with Crippen LogP contribution < -0.4 is 5.32 Å². The lowest BCUT2D eigenvalue weighted by atomic mass is 10.1. The standard InChI is InChI=1S/C16H26BrNO2/c1-5-19-8-9-20-12-14-7-6-13(10-15(14)17)11-18-16(2,3)4/h6-7,10,18H,5,8-9,11-12H2,1-4H3. The first-order valence-electron chi connectivity index (χ1n) is 7.10. The van der Waals surface area contributed by atoms with E-state index in [1.165, 1.54) is 11.1 Å².